The average Bonchev–Trinajstić information content (AvgIpc) is 3.25. The summed E-state index contributed by atoms with van der Waals surface area (Å²) in [6, 6.07) is 15.5. The second kappa shape index (κ2) is 7.52. The normalized spacial score (nSPS) is 19.8. The van der Waals surface area contributed by atoms with E-state index in [0.29, 0.717) is 17.7 Å². The molecule has 2 atom stereocenters. The summed E-state index contributed by atoms with van der Waals surface area (Å²) in [7, 11) is 0. The quantitative estimate of drug-likeness (QED) is 0.573. The smallest absolute Gasteiger partial charge is 0.261 e. The Morgan fingerprint density at radius 1 is 1.03 bits per heavy atom. The number of nitrogens with zero attached hydrogens (tertiary/aromatic N) is 3. The van der Waals surface area contributed by atoms with Gasteiger partial charge in [-0.3, -0.25) is 18.5 Å². The Morgan fingerprint density at radius 2 is 1.69 bits per heavy atom. The molecule has 1 aliphatic carbocycles. The van der Waals surface area contributed by atoms with Crippen LogP contribution in [0, 0.1) is 12.8 Å². The molecule has 6 heteroatoms. The molecular formula is C23H23N3O2S. The predicted octanol–water partition coefficient (Wildman–Crippen LogP) is 4.78. The van der Waals surface area contributed by atoms with Crippen LogP contribution in [-0.4, -0.2) is 32.2 Å². The highest BCUT2D eigenvalue weighted by Crippen LogP contribution is 2.48. The van der Waals surface area contributed by atoms with Crippen LogP contribution in [0.25, 0.3) is 0 Å². The number of carbonyl (C=O) groups is 2. The highest BCUT2D eigenvalue weighted by atomic mass is 32.2. The van der Waals surface area contributed by atoms with Crippen molar-refractivity contribution in [2.45, 2.75) is 31.6 Å². The lowest BCUT2D eigenvalue weighted by atomic mass is 10.1. The maximum atomic E-state index is 12.6. The van der Waals surface area contributed by atoms with Crippen molar-refractivity contribution >= 4 is 23.8 Å². The molecule has 2 unspecified atom stereocenters. The maximum Gasteiger partial charge on any atom is 0.261 e. The van der Waals surface area contributed by atoms with Gasteiger partial charge in [0.1, 0.15) is 5.82 Å². The number of fused-ring (bicyclic) bond motifs is 1. The molecule has 5 nitrogen and oxygen atoms in total. The van der Waals surface area contributed by atoms with E-state index in [9.17, 15) is 9.59 Å². The summed E-state index contributed by atoms with van der Waals surface area (Å²) in [6.07, 6.45) is 4.73. The van der Waals surface area contributed by atoms with E-state index < -0.39 is 0 Å². The summed E-state index contributed by atoms with van der Waals surface area (Å²) in [4.78, 5) is 32.3. The van der Waals surface area contributed by atoms with Crippen LogP contribution < -0.4 is 0 Å². The van der Waals surface area contributed by atoms with Crippen molar-refractivity contribution < 1.29 is 9.59 Å². The Balaban J connectivity index is 0.00000205. The van der Waals surface area contributed by atoms with Crippen molar-refractivity contribution in [1.29, 1.82) is 0 Å². The van der Waals surface area contributed by atoms with Crippen LogP contribution in [0.4, 0.5) is 0 Å². The molecule has 1 aliphatic heterocycles. The third kappa shape index (κ3) is 3.49. The maximum absolute atomic E-state index is 12.6. The highest BCUT2D eigenvalue weighted by Gasteiger charge is 2.46. The van der Waals surface area contributed by atoms with Crippen molar-refractivity contribution in [3.63, 3.8) is 0 Å². The Labute approximate surface area is 174 Å². The number of amides is 2. The van der Waals surface area contributed by atoms with E-state index in [0.717, 1.165) is 17.1 Å². The standard InChI is InChI=1S/C22H19N3O2S.CH4/c1-14-6-8-16(9-7-14)28-25-11-10-23-20(25)19-12-15(19)13-24-21(26)17-4-2-3-5-18(17)22(24)27;/h2-11,15,19H,12-13H2,1H3;1H4. The van der Waals surface area contributed by atoms with Gasteiger partial charge < -0.3 is 0 Å². The summed E-state index contributed by atoms with van der Waals surface area (Å²) < 4.78 is 2.09. The van der Waals surface area contributed by atoms with Crippen LogP contribution in [0.2, 0.25) is 0 Å². The van der Waals surface area contributed by atoms with Gasteiger partial charge in [0.25, 0.3) is 11.8 Å². The lowest BCUT2D eigenvalue weighted by molar-refractivity contribution is 0.0646. The molecule has 0 radical (unpaired) electrons. The molecule has 1 fully saturated rings. The van der Waals surface area contributed by atoms with Gasteiger partial charge in [0.05, 0.1) is 11.1 Å². The fourth-order valence-electron chi connectivity index (χ4n) is 3.76. The summed E-state index contributed by atoms with van der Waals surface area (Å²) in [5.74, 6) is 1.19. The Hall–Kier alpha value is -2.86. The van der Waals surface area contributed by atoms with Crippen LogP contribution in [0.3, 0.4) is 0 Å². The number of carbonyl (C=O) groups excluding carboxylic acids is 2. The van der Waals surface area contributed by atoms with Crippen LogP contribution in [0.1, 0.15) is 51.9 Å². The van der Waals surface area contributed by atoms with Crippen LogP contribution in [-0.2, 0) is 0 Å². The van der Waals surface area contributed by atoms with Gasteiger partial charge in [0.2, 0.25) is 0 Å². The molecule has 5 rings (SSSR count). The number of aryl methyl sites for hydroxylation is 1. The molecular weight excluding hydrogens is 382 g/mol. The van der Waals surface area contributed by atoms with Crippen molar-refractivity contribution in [2.24, 2.45) is 5.92 Å². The van der Waals surface area contributed by atoms with Crippen LogP contribution in [0.5, 0.6) is 0 Å². The zero-order chi connectivity index (χ0) is 19.3. The number of imide groups is 1. The first-order valence-corrected chi connectivity index (χ1v) is 10.1. The van der Waals surface area contributed by atoms with Gasteiger partial charge in [-0.25, -0.2) is 4.98 Å². The summed E-state index contributed by atoms with van der Waals surface area (Å²) >= 11 is 1.64. The first-order chi connectivity index (χ1) is 13.6. The third-order valence-corrected chi connectivity index (χ3v) is 6.40. The first-order valence-electron chi connectivity index (χ1n) is 9.35. The minimum absolute atomic E-state index is 0. The minimum Gasteiger partial charge on any atom is -0.274 e. The van der Waals surface area contributed by atoms with E-state index in [4.69, 9.17) is 0 Å². The summed E-state index contributed by atoms with van der Waals surface area (Å²) in [5, 5.41) is 0. The van der Waals surface area contributed by atoms with E-state index in [1.807, 2.05) is 12.4 Å². The molecule has 2 heterocycles. The summed E-state index contributed by atoms with van der Waals surface area (Å²) in [5.41, 5.74) is 2.26. The molecule has 2 amide bonds. The molecule has 2 aromatic carbocycles. The highest BCUT2D eigenvalue weighted by molar-refractivity contribution is 7.97. The molecule has 0 bridgehead atoms. The fourth-order valence-corrected chi connectivity index (χ4v) is 4.63. The van der Waals surface area contributed by atoms with Gasteiger partial charge in [0, 0.05) is 29.8 Å². The van der Waals surface area contributed by atoms with Gasteiger partial charge in [0.15, 0.2) is 0 Å². The van der Waals surface area contributed by atoms with E-state index in [-0.39, 0.29) is 31.1 Å². The van der Waals surface area contributed by atoms with Gasteiger partial charge in [-0.15, -0.1) is 0 Å². The van der Waals surface area contributed by atoms with Gasteiger partial charge in [-0.2, -0.15) is 0 Å². The molecule has 3 aromatic rings. The average molecular weight is 406 g/mol. The van der Waals surface area contributed by atoms with Crippen molar-refractivity contribution in [1.82, 2.24) is 13.9 Å². The molecule has 148 valence electrons. The second-order valence-electron chi connectivity index (χ2n) is 7.38. The van der Waals surface area contributed by atoms with Crippen molar-refractivity contribution in [3.05, 3.63) is 83.4 Å². The number of benzene rings is 2. The Morgan fingerprint density at radius 3 is 2.34 bits per heavy atom. The molecule has 29 heavy (non-hydrogen) atoms. The van der Waals surface area contributed by atoms with Crippen LogP contribution >= 0.6 is 11.9 Å². The molecule has 1 saturated carbocycles. The molecule has 0 N–H and O–H groups in total. The zero-order valence-corrected chi connectivity index (χ0v) is 16.2. The van der Waals surface area contributed by atoms with Crippen molar-refractivity contribution in [3.8, 4) is 0 Å². The minimum atomic E-state index is -0.177. The number of hydrogen-bond donors (Lipinski definition) is 0. The lowest BCUT2D eigenvalue weighted by Gasteiger charge is -2.13. The van der Waals surface area contributed by atoms with Gasteiger partial charge >= 0.3 is 0 Å². The van der Waals surface area contributed by atoms with E-state index in [1.54, 1.807) is 36.2 Å². The van der Waals surface area contributed by atoms with Crippen molar-refractivity contribution in [2.75, 3.05) is 6.54 Å². The van der Waals surface area contributed by atoms with Crippen LogP contribution in [0.15, 0.2) is 65.8 Å². The van der Waals surface area contributed by atoms with E-state index in [2.05, 4.69) is 40.1 Å². The van der Waals surface area contributed by atoms with E-state index >= 15 is 0 Å². The molecule has 1 aromatic heterocycles. The monoisotopic (exact) mass is 405 g/mol. The third-order valence-electron chi connectivity index (χ3n) is 5.41. The SMILES string of the molecule is C.Cc1ccc(Sn2ccnc2C2CC2CN2C(=O)c3ccccc3C2=O)cc1. The molecule has 2 aliphatic rings. The predicted molar refractivity (Wildman–Crippen MR) is 114 cm³/mol. The fraction of sp³-hybridized carbons (Fsp3) is 0.261. The first kappa shape index (κ1) is 19.5. The topological polar surface area (TPSA) is 55.2 Å². The molecule has 0 saturated heterocycles. The lowest BCUT2D eigenvalue weighted by Crippen LogP contribution is -2.32. The van der Waals surface area contributed by atoms with Gasteiger partial charge in [-0.1, -0.05) is 37.3 Å². The van der Waals surface area contributed by atoms with Gasteiger partial charge in [-0.05, 0) is 55.5 Å². The Bertz CT molecular complexity index is 1040. The number of hydrogen-bond acceptors (Lipinski definition) is 4. The number of rotatable bonds is 5. The zero-order valence-electron chi connectivity index (χ0n) is 15.4. The molecule has 0 spiro atoms. The Kier molecular flexibility index (Phi) is 5.04. The number of aromatic nitrogens is 2. The summed E-state index contributed by atoms with van der Waals surface area (Å²) in [6.45, 7) is 2.53. The second-order valence-corrected chi connectivity index (χ2v) is 8.43. The largest absolute Gasteiger partial charge is 0.274 e. The number of imidazole rings is 1. The van der Waals surface area contributed by atoms with E-state index in [1.165, 1.54) is 10.5 Å².